The Balaban J connectivity index is 1.57. The standard InChI is InChI=1S/C18H16FN3OS/c1-13-6-9-22(10-7-13)11-8-17(23)21-18-20-16(12-24-18)14-2-4-15(19)5-3-14/h2-7,9-10,12H,8,11H2,1H3/p+1. The van der Waals surface area contributed by atoms with E-state index in [-0.39, 0.29) is 11.7 Å². The highest BCUT2D eigenvalue weighted by Gasteiger charge is 2.10. The van der Waals surface area contributed by atoms with E-state index < -0.39 is 0 Å². The van der Waals surface area contributed by atoms with Crippen molar-refractivity contribution in [2.24, 2.45) is 0 Å². The van der Waals surface area contributed by atoms with Crippen LogP contribution in [0.2, 0.25) is 0 Å². The van der Waals surface area contributed by atoms with Gasteiger partial charge in [-0.2, -0.15) is 0 Å². The summed E-state index contributed by atoms with van der Waals surface area (Å²) in [6, 6.07) is 10.1. The Hall–Kier alpha value is -2.60. The lowest BCUT2D eigenvalue weighted by atomic mass is 10.2. The molecule has 122 valence electrons. The maximum absolute atomic E-state index is 12.9. The third-order valence-electron chi connectivity index (χ3n) is 3.55. The number of amides is 1. The molecule has 1 aromatic carbocycles. The van der Waals surface area contributed by atoms with Gasteiger partial charge in [-0.05, 0) is 36.8 Å². The van der Waals surface area contributed by atoms with Crippen LogP contribution in [0.4, 0.5) is 9.52 Å². The van der Waals surface area contributed by atoms with Crippen molar-refractivity contribution in [3.8, 4) is 11.3 Å². The van der Waals surface area contributed by atoms with Crippen molar-refractivity contribution in [1.29, 1.82) is 0 Å². The van der Waals surface area contributed by atoms with Crippen molar-refractivity contribution >= 4 is 22.4 Å². The Morgan fingerprint density at radius 1 is 1.21 bits per heavy atom. The smallest absolute Gasteiger partial charge is 0.232 e. The molecule has 24 heavy (non-hydrogen) atoms. The number of halogens is 1. The highest BCUT2D eigenvalue weighted by atomic mass is 32.1. The molecule has 0 spiro atoms. The second-order valence-corrected chi connectivity index (χ2v) is 6.31. The third kappa shape index (κ3) is 4.23. The predicted molar refractivity (Wildman–Crippen MR) is 92.1 cm³/mol. The Bertz CT molecular complexity index is 828. The SMILES string of the molecule is Cc1cc[n+](CCC(=O)Nc2nc(-c3ccc(F)cc3)cs2)cc1. The highest BCUT2D eigenvalue weighted by molar-refractivity contribution is 7.14. The Labute approximate surface area is 143 Å². The summed E-state index contributed by atoms with van der Waals surface area (Å²) < 4.78 is 14.9. The topological polar surface area (TPSA) is 45.9 Å². The van der Waals surface area contributed by atoms with Crippen molar-refractivity contribution in [2.45, 2.75) is 19.9 Å². The van der Waals surface area contributed by atoms with Crippen LogP contribution in [-0.2, 0) is 11.3 Å². The van der Waals surface area contributed by atoms with Crippen molar-refractivity contribution < 1.29 is 13.8 Å². The number of rotatable bonds is 5. The molecule has 0 radical (unpaired) electrons. The zero-order chi connectivity index (χ0) is 16.9. The van der Waals surface area contributed by atoms with Crippen molar-refractivity contribution in [3.63, 3.8) is 0 Å². The van der Waals surface area contributed by atoms with Gasteiger partial charge in [-0.3, -0.25) is 4.79 Å². The minimum atomic E-state index is -0.281. The summed E-state index contributed by atoms with van der Waals surface area (Å²) in [5.41, 5.74) is 2.73. The van der Waals surface area contributed by atoms with Gasteiger partial charge in [-0.1, -0.05) is 0 Å². The van der Waals surface area contributed by atoms with Gasteiger partial charge in [0.25, 0.3) is 0 Å². The lowest BCUT2D eigenvalue weighted by Gasteiger charge is -2.00. The summed E-state index contributed by atoms with van der Waals surface area (Å²) in [5.74, 6) is -0.362. The van der Waals surface area contributed by atoms with Crippen LogP contribution in [0, 0.1) is 12.7 Å². The molecule has 0 bridgehead atoms. The van der Waals surface area contributed by atoms with Gasteiger partial charge in [-0.15, -0.1) is 11.3 Å². The zero-order valence-corrected chi connectivity index (χ0v) is 14.0. The summed E-state index contributed by atoms with van der Waals surface area (Å²) in [6.45, 7) is 2.64. The molecule has 3 aromatic rings. The molecule has 0 aliphatic rings. The van der Waals surface area contributed by atoms with Crippen molar-refractivity contribution in [3.05, 3.63) is 65.6 Å². The first-order chi connectivity index (χ1) is 11.6. The molecule has 1 amide bonds. The molecule has 0 aliphatic carbocycles. The first kappa shape index (κ1) is 16.3. The van der Waals surface area contributed by atoms with E-state index in [1.807, 2.05) is 41.4 Å². The fraction of sp³-hybridized carbons (Fsp3) is 0.167. The molecule has 0 unspecified atom stereocenters. The average Bonchev–Trinajstić information content (AvgIpc) is 3.03. The predicted octanol–water partition coefficient (Wildman–Crippen LogP) is 3.57. The first-order valence-electron chi connectivity index (χ1n) is 7.57. The van der Waals surface area contributed by atoms with Gasteiger partial charge in [0.15, 0.2) is 24.1 Å². The fourth-order valence-electron chi connectivity index (χ4n) is 2.18. The number of thiazole rings is 1. The summed E-state index contributed by atoms with van der Waals surface area (Å²) in [6.07, 6.45) is 4.29. The normalized spacial score (nSPS) is 10.6. The third-order valence-corrected chi connectivity index (χ3v) is 4.30. The number of hydrogen-bond acceptors (Lipinski definition) is 3. The molecule has 2 heterocycles. The summed E-state index contributed by atoms with van der Waals surface area (Å²) in [5, 5.41) is 5.20. The molecule has 0 saturated heterocycles. The van der Waals surface area contributed by atoms with Gasteiger partial charge in [0.2, 0.25) is 5.91 Å². The van der Waals surface area contributed by atoms with Crippen LogP contribution < -0.4 is 9.88 Å². The maximum atomic E-state index is 12.9. The Morgan fingerprint density at radius 3 is 2.62 bits per heavy atom. The van der Waals surface area contributed by atoms with Crippen LogP contribution in [0.15, 0.2) is 54.2 Å². The van der Waals surface area contributed by atoms with E-state index in [9.17, 15) is 9.18 Å². The van der Waals surface area contributed by atoms with Crippen LogP contribution in [0.25, 0.3) is 11.3 Å². The molecule has 0 aliphatic heterocycles. The van der Waals surface area contributed by atoms with Crippen molar-refractivity contribution in [1.82, 2.24) is 4.98 Å². The van der Waals surface area contributed by atoms with Crippen LogP contribution in [0.3, 0.4) is 0 Å². The number of pyridine rings is 1. The lowest BCUT2D eigenvalue weighted by molar-refractivity contribution is -0.695. The number of aryl methyl sites for hydroxylation is 2. The van der Waals surface area contributed by atoms with Gasteiger partial charge < -0.3 is 5.32 Å². The van der Waals surface area contributed by atoms with Gasteiger partial charge in [-0.25, -0.2) is 13.9 Å². The molecular formula is C18H17FN3OS+. The number of nitrogens with zero attached hydrogens (tertiary/aromatic N) is 2. The number of hydrogen-bond donors (Lipinski definition) is 1. The fourth-order valence-corrected chi connectivity index (χ4v) is 2.91. The molecular weight excluding hydrogens is 325 g/mol. The van der Waals surface area contributed by atoms with E-state index in [0.717, 1.165) is 11.3 Å². The number of anilines is 1. The van der Waals surface area contributed by atoms with Gasteiger partial charge >= 0.3 is 0 Å². The summed E-state index contributed by atoms with van der Waals surface area (Å²) in [4.78, 5) is 16.4. The van der Waals surface area contributed by atoms with Gasteiger partial charge in [0, 0.05) is 23.1 Å². The van der Waals surface area contributed by atoms with E-state index >= 15 is 0 Å². The van der Waals surface area contributed by atoms with Crippen molar-refractivity contribution in [2.75, 3.05) is 5.32 Å². The molecule has 4 nitrogen and oxygen atoms in total. The number of nitrogens with one attached hydrogen (secondary N) is 1. The molecule has 3 rings (SSSR count). The van der Waals surface area contributed by atoms with Crippen LogP contribution >= 0.6 is 11.3 Å². The molecule has 2 aromatic heterocycles. The summed E-state index contributed by atoms with van der Waals surface area (Å²) >= 11 is 1.36. The highest BCUT2D eigenvalue weighted by Crippen LogP contribution is 2.25. The van der Waals surface area contributed by atoms with E-state index in [1.165, 1.54) is 29.0 Å². The minimum absolute atomic E-state index is 0.0805. The Morgan fingerprint density at radius 2 is 1.92 bits per heavy atom. The maximum Gasteiger partial charge on any atom is 0.232 e. The molecule has 0 atom stereocenters. The molecule has 0 fully saturated rings. The monoisotopic (exact) mass is 342 g/mol. The number of aromatic nitrogens is 2. The Kier molecular flexibility index (Phi) is 4.96. The van der Waals surface area contributed by atoms with E-state index in [0.29, 0.717) is 18.1 Å². The summed E-state index contributed by atoms with van der Waals surface area (Å²) in [7, 11) is 0. The lowest BCUT2D eigenvalue weighted by Crippen LogP contribution is -2.34. The van der Waals surface area contributed by atoms with E-state index in [4.69, 9.17) is 0 Å². The quantitative estimate of drug-likeness (QED) is 0.721. The molecule has 0 saturated carbocycles. The van der Waals surface area contributed by atoms with Crippen LogP contribution in [0.5, 0.6) is 0 Å². The average molecular weight is 342 g/mol. The van der Waals surface area contributed by atoms with Gasteiger partial charge in [0.05, 0.1) is 12.1 Å². The molecule has 1 N–H and O–H groups in total. The van der Waals surface area contributed by atoms with E-state index in [2.05, 4.69) is 10.3 Å². The van der Waals surface area contributed by atoms with Crippen LogP contribution in [0.1, 0.15) is 12.0 Å². The minimum Gasteiger partial charge on any atom is -0.302 e. The van der Waals surface area contributed by atoms with Gasteiger partial charge in [0.1, 0.15) is 5.82 Å². The first-order valence-corrected chi connectivity index (χ1v) is 8.45. The van der Waals surface area contributed by atoms with Crippen LogP contribution in [-0.4, -0.2) is 10.9 Å². The largest absolute Gasteiger partial charge is 0.302 e. The number of carbonyl (C=O) groups is 1. The molecule has 6 heteroatoms. The number of benzene rings is 1. The number of carbonyl (C=O) groups excluding carboxylic acids is 1. The second-order valence-electron chi connectivity index (χ2n) is 5.46. The zero-order valence-electron chi connectivity index (χ0n) is 13.2. The van der Waals surface area contributed by atoms with E-state index in [1.54, 1.807) is 12.1 Å². The second kappa shape index (κ2) is 7.31.